The zero-order valence-corrected chi connectivity index (χ0v) is 18.1. The maximum Gasteiger partial charge on any atom is -1.00 e. The molecular formula is C18H19I2Ti. The molecular weight excluding hydrogens is 518 g/mol. The van der Waals surface area contributed by atoms with Crippen molar-refractivity contribution in [2.24, 2.45) is 0 Å². The fourth-order valence-corrected chi connectivity index (χ4v) is 3.85. The number of halogens is 2. The second kappa shape index (κ2) is 9.04. The fraction of sp³-hybridized carbons (Fsp3) is 0.333. The molecule has 0 aliphatic heterocycles. The number of allylic oxidation sites excluding steroid dienone is 5. The molecule has 21 heavy (non-hydrogen) atoms. The Bertz CT molecular complexity index is 585. The third-order valence-electron chi connectivity index (χ3n) is 4.11. The van der Waals surface area contributed by atoms with Gasteiger partial charge in [0.25, 0.3) is 0 Å². The first-order valence-corrected chi connectivity index (χ1v) is 8.12. The number of unbranched alkanes of at least 4 members (excludes halogenated alkanes) is 1. The molecule has 3 heteroatoms. The predicted octanol–water partition coefficient (Wildman–Crippen LogP) is -0.874. The Kier molecular flexibility index (Phi) is 8.47. The Morgan fingerprint density at radius 3 is 2.67 bits per heavy atom. The Labute approximate surface area is 174 Å². The molecule has 0 bridgehead atoms. The van der Waals surface area contributed by atoms with E-state index in [2.05, 4.69) is 69.9 Å². The van der Waals surface area contributed by atoms with Crippen LogP contribution in [0.1, 0.15) is 48.0 Å². The van der Waals surface area contributed by atoms with Crippen molar-refractivity contribution in [3.8, 4) is 0 Å². The first-order chi connectivity index (χ1) is 9.31. The average molecular weight is 537 g/mol. The molecule has 3 rings (SSSR count). The van der Waals surface area contributed by atoms with E-state index in [1.54, 1.807) is 16.7 Å². The van der Waals surface area contributed by atoms with Crippen LogP contribution in [-0.4, -0.2) is 0 Å². The summed E-state index contributed by atoms with van der Waals surface area (Å²) in [5.41, 5.74) is 7.63. The molecule has 0 N–H and O–H groups in total. The Morgan fingerprint density at radius 2 is 1.95 bits per heavy atom. The summed E-state index contributed by atoms with van der Waals surface area (Å²) in [5, 5.41) is 0. The molecule has 109 valence electrons. The van der Waals surface area contributed by atoms with Crippen LogP contribution in [0.3, 0.4) is 0 Å². The maximum absolute atomic E-state index is 2.41. The fourth-order valence-electron chi connectivity index (χ4n) is 3.04. The molecule has 2 aliphatic rings. The quantitative estimate of drug-likeness (QED) is 0.347. The SMILES string of the molecule is CCCCC1=C(C2=Cc3ccccc3[CH]2[Ti+2])CC=C1.[I-].[I-]. The van der Waals surface area contributed by atoms with E-state index in [1.165, 1.54) is 30.4 Å². The van der Waals surface area contributed by atoms with Gasteiger partial charge in [0.05, 0.1) is 0 Å². The molecule has 0 radical (unpaired) electrons. The van der Waals surface area contributed by atoms with Gasteiger partial charge in [0.15, 0.2) is 0 Å². The van der Waals surface area contributed by atoms with Crippen molar-refractivity contribution >= 4 is 6.08 Å². The largest absolute Gasteiger partial charge is 1.00 e. The van der Waals surface area contributed by atoms with Crippen LogP contribution >= 0.6 is 0 Å². The molecule has 0 fully saturated rings. The summed E-state index contributed by atoms with van der Waals surface area (Å²) in [6.07, 6.45) is 12.0. The minimum atomic E-state index is 0. The average Bonchev–Trinajstić information content (AvgIpc) is 3.01. The number of hydrogen-bond donors (Lipinski definition) is 0. The van der Waals surface area contributed by atoms with Crippen LogP contribution in [0.2, 0.25) is 0 Å². The topological polar surface area (TPSA) is 0 Å². The van der Waals surface area contributed by atoms with Gasteiger partial charge in [-0.05, 0) is 0 Å². The second-order valence-electron chi connectivity index (χ2n) is 5.38. The normalized spacial score (nSPS) is 19.0. The first-order valence-electron chi connectivity index (χ1n) is 7.22. The van der Waals surface area contributed by atoms with Crippen molar-refractivity contribution in [2.75, 3.05) is 0 Å². The van der Waals surface area contributed by atoms with Crippen molar-refractivity contribution in [2.45, 2.75) is 36.8 Å². The molecule has 0 saturated heterocycles. The molecule has 0 amide bonds. The van der Waals surface area contributed by atoms with Gasteiger partial charge in [0.2, 0.25) is 0 Å². The van der Waals surface area contributed by atoms with Gasteiger partial charge in [-0.25, -0.2) is 0 Å². The molecule has 0 aromatic heterocycles. The molecule has 1 aromatic rings. The van der Waals surface area contributed by atoms with E-state index in [4.69, 9.17) is 0 Å². The summed E-state index contributed by atoms with van der Waals surface area (Å²) in [7, 11) is 0. The van der Waals surface area contributed by atoms with Crippen LogP contribution in [0.4, 0.5) is 0 Å². The van der Waals surface area contributed by atoms with Gasteiger partial charge >= 0.3 is 128 Å². The number of fused-ring (bicyclic) bond motifs is 1. The number of benzene rings is 1. The first kappa shape index (κ1) is 19.7. The van der Waals surface area contributed by atoms with Gasteiger partial charge in [-0.3, -0.25) is 0 Å². The summed E-state index contributed by atoms with van der Waals surface area (Å²) >= 11 is 2.35. The zero-order valence-electron chi connectivity index (χ0n) is 12.2. The van der Waals surface area contributed by atoms with E-state index >= 15 is 0 Å². The molecule has 0 saturated carbocycles. The predicted molar refractivity (Wildman–Crippen MR) is 77.5 cm³/mol. The van der Waals surface area contributed by atoms with Crippen molar-refractivity contribution in [1.82, 2.24) is 0 Å². The summed E-state index contributed by atoms with van der Waals surface area (Å²) < 4.78 is 0.558. The van der Waals surface area contributed by atoms with Crippen LogP contribution in [0.15, 0.2) is 53.1 Å². The van der Waals surface area contributed by atoms with E-state index in [0.29, 0.717) is 4.22 Å². The summed E-state index contributed by atoms with van der Waals surface area (Å²) in [4.78, 5) is 0. The minimum Gasteiger partial charge on any atom is -1.00 e. The van der Waals surface area contributed by atoms with Gasteiger partial charge in [0.1, 0.15) is 0 Å². The van der Waals surface area contributed by atoms with Crippen molar-refractivity contribution in [3.63, 3.8) is 0 Å². The van der Waals surface area contributed by atoms with E-state index in [-0.39, 0.29) is 48.0 Å². The second-order valence-corrected chi connectivity index (χ2v) is 6.28. The third kappa shape index (κ3) is 4.12. The molecule has 0 nitrogen and oxygen atoms in total. The van der Waals surface area contributed by atoms with Gasteiger partial charge in [-0.2, -0.15) is 0 Å². The monoisotopic (exact) mass is 537 g/mol. The molecule has 2 aliphatic carbocycles. The van der Waals surface area contributed by atoms with Crippen LogP contribution in [0, 0.1) is 0 Å². The van der Waals surface area contributed by atoms with E-state index in [1.807, 2.05) is 0 Å². The number of rotatable bonds is 4. The van der Waals surface area contributed by atoms with E-state index in [9.17, 15) is 0 Å². The van der Waals surface area contributed by atoms with Gasteiger partial charge < -0.3 is 48.0 Å². The number of hydrogen-bond acceptors (Lipinski definition) is 0. The van der Waals surface area contributed by atoms with Gasteiger partial charge in [0, 0.05) is 0 Å². The minimum absolute atomic E-state index is 0. The Hall–Kier alpha value is 0.614. The summed E-state index contributed by atoms with van der Waals surface area (Å²) in [6, 6.07) is 8.82. The summed E-state index contributed by atoms with van der Waals surface area (Å²) in [5.74, 6) is 0. The maximum atomic E-state index is 2.41. The van der Waals surface area contributed by atoms with Crippen LogP contribution in [0.25, 0.3) is 6.08 Å². The van der Waals surface area contributed by atoms with E-state index in [0.717, 1.165) is 6.42 Å². The van der Waals surface area contributed by atoms with Gasteiger partial charge in [-0.1, -0.05) is 0 Å². The Balaban J connectivity index is 0.00000110. The molecule has 1 unspecified atom stereocenters. The third-order valence-corrected chi connectivity index (χ3v) is 5.08. The molecule has 0 spiro atoms. The van der Waals surface area contributed by atoms with Crippen molar-refractivity contribution < 1.29 is 68.4 Å². The van der Waals surface area contributed by atoms with Crippen LogP contribution < -0.4 is 48.0 Å². The van der Waals surface area contributed by atoms with Crippen molar-refractivity contribution in [3.05, 3.63) is 64.3 Å². The van der Waals surface area contributed by atoms with Gasteiger partial charge in [-0.15, -0.1) is 0 Å². The summed E-state index contributed by atoms with van der Waals surface area (Å²) in [6.45, 7) is 2.27. The standard InChI is InChI=1S/C18H19.2HI.Ti/c1-2-3-7-14-10-6-11-18(14)17-12-15-8-4-5-9-16(15)13-17;;;/h4-6,8-10,12-13H,2-3,7,11H2,1H3;2*1H;/q;;;+2/p-2. The smallest absolute Gasteiger partial charge is 1.00 e. The van der Waals surface area contributed by atoms with Crippen LogP contribution in [0.5, 0.6) is 0 Å². The van der Waals surface area contributed by atoms with Crippen LogP contribution in [-0.2, 0) is 20.4 Å². The Morgan fingerprint density at radius 1 is 1.19 bits per heavy atom. The zero-order chi connectivity index (χ0) is 13.2. The molecule has 1 aromatic carbocycles. The molecule has 0 heterocycles. The van der Waals surface area contributed by atoms with E-state index < -0.39 is 0 Å². The molecule has 1 atom stereocenters. The van der Waals surface area contributed by atoms with Crippen molar-refractivity contribution in [1.29, 1.82) is 0 Å².